The van der Waals surface area contributed by atoms with Gasteiger partial charge in [-0.2, -0.15) is 0 Å². The SMILES string of the molecule is CCC(=O)/C=C/c1ccc2[nH]cc(C[C@H]3CCCN3C)c2c1. The van der Waals surface area contributed by atoms with Gasteiger partial charge in [0, 0.05) is 29.6 Å². The predicted octanol–water partition coefficient (Wildman–Crippen LogP) is 3.80. The lowest BCUT2D eigenvalue weighted by molar-refractivity contribution is -0.114. The van der Waals surface area contributed by atoms with Gasteiger partial charge in [-0.1, -0.05) is 19.1 Å². The Morgan fingerprint density at radius 3 is 3.05 bits per heavy atom. The molecule has 1 aromatic carbocycles. The van der Waals surface area contributed by atoms with Gasteiger partial charge in [-0.25, -0.2) is 0 Å². The summed E-state index contributed by atoms with van der Waals surface area (Å²) < 4.78 is 0. The number of hydrogen-bond donors (Lipinski definition) is 1. The van der Waals surface area contributed by atoms with Crippen molar-refractivity contribution in [2.24, 2.45) is 0 Å². The first-order valence-corrected chi connectivity index (χ1v) is 8.18. The number of H-pyrrole nitrogens is 1. The maximum atomic E-state index is 11.4. The van der Waals surface area contributed by atoms with Crippen molar-refractivity contribution in [2.45, 2.75) is 38.6 Å². The first-order chi connectivity index (χ1) is 10.7. The van der Waals surface area contributed by atoms with Crippen molar-refractivity contribution >= 4 is 22.8 Å². The molecule has 0 bridgehead atoms. The molecule has 0 radical (unpaired) electrons. The Kier molecular flexibility index (Phi) is 4.44. The zero-order valence-electron chi connectivity index (χ0n) is 13.4. The number of hydrogen-bond acceptors (Lipinski definition) is 2. The van der Waals surface area contributed by atoms with Crippen LogP contribution < -0.4 is 0 Å². The Labute approximate surface area is 132 Å². The van der Waals surface area contributed by atoms with Crippen LogP contribution in [0.5, 0.6) is 0 Å². The highest BCUT2D eigenvalue weighted by Gasteiger charge is 2.22. The van der Waals surface area contributed by atoms with E-state index in [0.29, 0.717) is 12.5 Å². The molecule has 116 valence electrons. The largest absolute Gasteiger partial charge is 0.361 e. The number of nitrogens with zero attached hydrogens (tertiary/aromatic N) is 1. The topological polar surface area (TPSA) is 36.1 Å². The Hall–Kier alpha value is -1.87. The number of allylic oxidation sites excluding steroid dienone is 1. The molecular formula is C19H24N2O. The molecule has 1 saturated heterocycles. The van der Waals surface area contributed by atoms with Crippen LogP contribution in [0.15, 0.2) is 30.5 Å². The first-order valence-electron chi connectivity index (χ1n) is 8.18. The highest BCUT2D eigenvalue weighted by molar-refractivity contribution is 5.94. The molecule has 3 heteroatoms. The fourth-order valence-corrected chi connectivity index (χ4v) is 3.27. The van der Waals surface area contributed by atoms with Crippen LogP contribution in [0.2, 0.25) is 0 Å². The molecule has 2 heterocycles. The molecule has 0 spiro atoms. The third-order valence-corrected chi connectivity index (χ3v) is 4.73. The molecule has 3 nitrogen and oxygen atoms in total. The summed E-state index contributed by atoms with van der Waals surface area (Å²) in [5, 5.41) is 1.28. The molecule has 1 atom stereocenters. The van der Waals surface area contributed by atoms with Crippen molar-refractivity contribution in [2.75, 3.05) is 13.6 Å². The number of benzene rings is 1. The van der Waals surface area contributed by atoms with E-state index < -0.39 is 0 Å². The molecule has 0 unspecified atom stereocenters. The second kappa shape index (κ2) is 6.49. The van der Waals surface area contributed by atoms with E-state index >= 15 is 0 Å². The number of likely N-dealkylation sites (N-methyl/N-ethyl adjacent to an activating group) is 1. The predicted molar refractivity (Wildman–Crippen MR) is 92.0 cm³/mol. The Morgan fingerprint density at radius 2 is 2.32 bits per heavy atom. The number of rotatable bonds is 5. The van der Waals surface area contributed by atoms with Gasteiger partial charge in [0.15, 0.2) is 5.78 Å². The number of nitrogens with one attached hydrogen (secondary N) is 1. The van der Waals surface area contributed by atoms with E-state index in [1.165, 1.54) is 35.9 Å². The van der Waals surface area contributed by atoms with Crippen LogP contribution in [0.3, 0.4) is 0 Å². The third kappa shape index (κ3) is 3.14. The number of ketones is 1. The smallest absolute Gasteiger partial charge is 0.155 e. The van der Waals surface area contributed by atoms with Crippen molar-refractivity contribution in [1.82, 2.24) is 9.88 Å². The van der Waals surface area contributed by atoms with Gasteiger partial charge < -0.3 is 9.88 Å². The van der Waals surface area contributed by atoms with Gasteiger partial charge in [-0.05, 0) is 62.2 Å². The molecule has 22 heavy (non-hydrogen) atoms. The Bertz CT molecular complexity index is 699. The summed E-state index contributed by atoms with van der Waals surface area (Å²) in [7, 11) is 2.22. The molecule has 1 aliphatic heterocycles. The third-order valence-electron chi connectivity index (χ3n) is 4.73. The number of aromatic nitrogens is 1. The lowest BCUT2D eigenvalue weighted by Gasteiger charge is -2.18. The fraction of sp³-hybridized carbons (Fsp3) is 0.421. The van der Waals surface area contributed by atoms with E-state index in [2.05, 4.69) is 41.3 Å². The van der Waals surface area contributed by atoms with E-state index in [-0.39, 0.29) is 5.78 Å². The average Bonchev–Trinajstić information content (AvgIpc) is 3.12. The molecule has 0 saturated carbocycles. The minimum atomic E-state index is 0.168. The minimum Gasteiger partial charge on any atom is -0.361 e. The highest BCUT2D eigenvalue weighted by Crippen LogP contribution is 2.25. The number of aromatic amines is 1. The second-order valence-corrected chi connectivity index (χ2v) is 6.25. The zero-order chi connectivity index (χ0) is 15.5. The summed E-state index contributed by atoms with van der Waals surface area (Å²) in [6.45, 7) is 3.10. The normalized spacial score (nSPS) is 19.5. The maximum Gasteiger partial charge on any atom is 0.155 e. The van der Waals surface area contributed by atoms with Crippen molar-refractivity contribution in [3.63, 3.8) is 0 Å². The lowest BCUT2D eigenvalue weighted by atomic mass is 10.0. The molecule has 1 aromatic heterocycles. The fourth-order valence-electron chi connectivity index (χ4n) is 3.27. The highest BCUT2D eigenvalue weighted by atomic mass is 16.1. The average molecular weight is 296 g/mol. The van der Waals surface area contributed by atoms with Crippen LogP contribution >= 0.6 is 0 Å². The van der Waals surface area contributed by atoms with Crippen LogP contribution in [-0.2, 0) is 11.2 Å². The number of likely N-dealkylation sites (tertiary alicyclic amines) is 1. The number of carbonyl (C=O) groups is 1. The maximum absolute atomic E-state index is 11.4. The summed E-state index contributed by atoms with van der Waals surface area (Å²) in [5.74, 6) is 0.168. The lowest BCUT2D eigenvalue weighted by Crippen LogP contribution is -2.26. The summed E-state index contributed by atoms with van der Waals surface area (Å²) in [5.41, 5.74) is 3.65. The molecule has 1 N–H and O–H groups in total. The van der Waals surface area contributed by atoms with Crippen molar-refractivity contribution in [1.29, 1.82) is 0 Å². The quantitative estimate of drug-likeness (QED) is 0.852. The van der Waals surface area contributed by atoms with Gasteiger partial charge in [-0.15, -0.1) is 0 Å². The van der Waals surface area contributed by atoms with Crippen LogP contribution in [0.1, 0.15) is 37.3 Å². The van der Waals surface area contributed by atoms with Crippen molar-refractivity contribution < 1.29 is 4.79 Å². The van der Waals surface area contributed by atoms with Gasteiger partial charge in [0.2, 0.25) is 0 Å². The van der Waals surface area contributed by atoms with E-state index in [4.69, 9.17) is 0 Å². The van der Waals surface area contributed by atoms with Crippen LogP contribution in [0.4, 0.5) is 0 Å². The van der Waals surface area contributed by atoms with Gasteiger partial charge >= 0.3 is 0 Å². The molecule has 2 aromatic rings. The molecule has 3 rings (SSSR count). The molecule has 1 fully saturated rings. The molecule has 0 aliphatic carbocycles. The summed E-state index contributed by atoms with van der Waals surface area (Å²) >= 11 is 0. The second-order valence-electron chi connectivity index (χ2n) is 6.25. The standard InChI is InChI=1S/C19H24N2O/c1-3-17(22)8-6-14-7-9-19-18(11-14)15(13-20-19)12-16-5-4-10-21(16)2/h6-9,11,13,16,20H,3-5,10,12H2,1-2H3/b8-6+/t16-/m1/s1. The Balaban J connectivity index is 1.85. The summed E-state index contributed by atoms with van der Waals surface area (Å²) in [6, 6.07) is 7.01. The first kappa shape index (κ1) is 15.0. The molecule has 0 amide bonds. The monoisotopic (exact) mass is 296 g/mol. The van der Waals surface area contributed by atoms with Crippen LogP contribution in [-0.4, -0.2) is 35.3 Å². The van der Waals surface area contributed by atoms with Crippen LogP contribution in [0.25, 0.3) is 17.0 Å². The van der Waals surface area contributed by atoms with Crippen molar-refractivity contribution in [3.8, 4) is 0 Å². The van der Waals surface area contributed by atoms with E-state index in [1.54, 1.807) is 6.08 Å². The number of fused-ring (bicyclic) bond motifs is 1. The van der Waals surface area contributed by atoms with Gasteiger partial charge in [0.25, 0.3) is 0 Å². The van der Waals surface area contributed by atoms with E-state index in [9.17, 15) is 4.79 Å². The number of carbonyl (C=O) groups excluding carboxylic acids is 1. The van der Waals surface area contributed by atoms with Gasteiger partial charge in [0.05, 0.1) is 0 Å². The Morgan fingerprint density at radius 1 is 1.45 bits per heavy atom. The van der Waals surface area contributed by atoms with Gasteiger partial charge in [-0.3, -0.25) is 4.79 Å². The minimum absolute atomic E-state index is 0.168. The van der Waals surface area contributed by atoms with E-state index in [0.717, 1.165) is 12.0 Å². The summed E-state index contributed by atoms with van der Waals surface area (Å²) in [6.07, 6.45) is 9.98. The molecular weight excluding hydrogens is 272 g/mol. The van der Waals surface area contributed by atoms with Gasteiger partial charge in [0.1, 0.15) is 0 Å². The zero-order valence-corrected chi connectivity index (χ0v) is 13.4. The van der Waals surface area contributed by atoms with Crippen LogP contribution in [0, 0.1) is 0 Å². The molecule has 1 aliphatic rings. The van der Waals surface area contributed by atoms with E-state index in [1.807, 2.05) is 13.0 Å². The van der Waals surface area contributed by atoms with Crippen molar-refractivity contribution in [3.05, 3.63) is 41.6 Å². The summed E-state index contributed by atoms with van der Waals surface area (Å²) in [4.78, 5) is 17.3.